The Morgan fingerprint density at radius 1 is 1.44 bits per heavy atom. The normalized spacial score (nSPS) is 14.2. The van der Waals surface area contributed by atoms with Crippen LogP contribution < -0.4 is 0 Å². The van der Waals surface area contributed by atoms with Crippen molar-refractivity contribution in [2.24, 2.45) is 0 Å². The second kappa shape index (κ2) is 4.10. The van der Waals surface area contributed by atoms with Gasteiger partial charge in [0.1, 0.15) is 5.75 Å². The molecule has 0 amide bonds. The first kappa shape index (κ1) is 11.5. The van der Waals surface area contributed by atoms with Gasteiger partial charge in [0, 0.05) is 6.20 Å². The van der Waals surface area contributed by atoms with E-state index in [9.17, 15) is 17.4 Å². The molecule has 2 aromatic heterocycles. The lowest BCUT2D eigenvalue weighted by Crippen LogP contribution is -2.18. The van der Waals surface area contributed by atoms with E-state index in [1.54, 1.807) is 12.1 Å². The third-order valence-electron chi connectivity index (χ3n) is 1.63. The van der Waals surface area contributed by atoms with E-state index in [-0.39, 0.29) is 4.34 Å². The SMILES string of the molecule is O=S(CC(F)(F)F)c1nc2ncccc2s1. The molecule has 0 saturated heterocycles. The van der Waals surface area contributed by atoms with Crippen molar-refractivity contribution in [3.05, 3.63) is 18.3 Å². The van der Waals surface area contributed by atoms with Gasteiger partial charge in [-0.15, -0.1) is 11.3 Å². The Bertz CT molecular complexity index is 504. The molecule has 0 saturated carbocycles. The van der Waals surface area contributed by atoms with Crippen molar-refractivity contribution >= 4 is 32.5 Å². The van der Waals surface area contributed by atoms with Crippen LogP contribution in [-0.4, -0.2) is 26.1 Å². The molecule has 16 heavy (non-hydrogen) atoms. The second-order valence-electron chi connectivity index (χ2n) is 2.91. The molecule has 0 aliphatic rings. The Morgan fingerprint density at radius 3 is 2.81 bits per heavy atom. The van der Waals surface area contributed by atoms with Gasteiger partial charge in [-0.1, -0.05) is 0 Å². The van der Waals surface area contributed by atoms with E-state index >= 15 is 0 Å². The molecule has 2 rings (SSSR count). The third kappa shape index (κ3) is 2.56. The number of thiazole rings is 1. The summed E-state index contributed by atoms with van der Waals surface area (Å²) in [4.78, 5) is 7.67. The second-order valence-corrected chi connectivity index (χ2v) is 5.57. The molecule has 0 bridgehead atoms. The van der Waals surface area contributed by atoms with Crippen molar-refractivity contribution in [1.29, 1.82) is 0 Å². The van der Waals surface area contributed by atoms with Crippen LogP contribution in [0.25, 0.3) is 10.3 Å². The molecule has 1 unspecified atom stereocenters. The summed E-state index contributed by atoms with van der Waals surface area (Å²) in [6, 6.07) is 3.32. The van der Waals surface area contributed by atoms with Gasteiger partial charge in [0.15, 0.2) is 9.99 Å². The Morgan fingerprint density at radius 2 is 2.19 bits per heavy atom. The Kier molecular flexibility index (Phi) is 2.94. The number of fused-ring (bicyclic) bond motifs is 1. The number of pyridine rings is 1. The van der Waals surface area contributed by atoms with Gasteiger partial charge < -0.3 is 0 Å². The molecule has 86 valence electrons. The Hall–Kier alpha value is -1.02. The highest BCUT2D eigenvalue weighted by Crippen LogP contribution is 2.25. The number of hydrogen-bond acceptors (Lipinski definition) is 4. The van der Waals surface area contributed by atoms with Crippen LogP contribution in [0.2, 0.25) is 0 Å². The highest BCUT2D eigenvalue weighted by atomic mass is 32.2. The van der Waals surface area contributed by atoms with E-state index in [1.807, 2.05) is 0 Å². The standard InChI is InChI=1S/C8H5F3N2OS2/c9-8(10,11)4-16(14)7-13-6-5(15-7)2-1-3-12-6/h1-3H,4H2. The first-order valence-corrected chi connectivity index (χ1v) is 6.26. The van der Waals surface area contributed by atoms with Crippen LogP contribution in [0, 0.1) is 0 Å². The maximum Gasteiger partial charge on any atom is 0.400 e. The van der Waals surface area contributed by atoms with Crippen molar-refractivity contribution in [2.75, 3.05) is 5.75 Å². The monoisotopic (exact) mass is 266 g/mol. The van der Waals surface area contributed by atoms with Crippen molar-refractivity contribution in [2.45, 2.75) is 10.5 Å². The average Bonchev–Trinajstić information content (AvgIpc) is 2.58. The van der Waals surface area contributed by atoms with Gasteiger partial charge >= 0.3 is 6.18 Å². The molecule has 0 aliphatic carbocycles. The van der Waals surface area contributed by atoms with Gasteiger partial charge in [0.2, 0.25) is 0 Å². The predicted molar refractivity (Wildman–Crippen MR) is 54.7 cm³/mol. The summed E-state index contributed by atoms with van der Waals surface area (Å²) in [5.74, 6) is -1.37. The Balaban J connectivity index is 2.30. The third-order valence-corrected chi connectivity index (χ3v) is 4.32. The molecule has 2 aromatic rings. The number of nitrogens with zero attached hydrogens (tertiary/aromatic N) is 2. The number of halogens is 3. The summed E-state index contributed by atoms with van der Waals surface area (Å²) >= 11 is 0.972. The highest BCUT2D eigenvalue weighted by molar-refractivity contribution is 7.87. The topological polar surface area (TPSA) is 42.9 Å². The van der Waals surface area contributed by atoms with E-state index in [2.05, 4.69) is 9.97 Å². The minimum Gasteiger partial charge on any atom is -0.252 e. The van der Waals surface area contributed by atoms with Crippen molar-refractivity contribution < 1.29 is 17.4 Å². The fraction of sp³-hybridized carbons (Fsp3) is 0.250. The fourth-order valence-electron chi connectivity index (χ4n) is 1.06. The zero-order valence-corrected chi connectivity index (χ0v) is 9.33. The lowest BCUT2D eigenvalue weighted by molar-refractivity contribution is -0.105. The van der Waals surface area contributed by atoms with Gasteiger partial charge in [-0.25, -0.2) is 9.97 Å². The molecule has 0 aliphatic heterocycles. The highest BCUT2D eigenvalue weighted by Gasteiger charge is 2.32. The van der Waals surface area contributed by atoms with Crippen LogP contribution in [0.1, 0.15) is 0 Å². The molecule has 3 nitrogen and oxygen atoms in total. The van der Waals surface area contributed by atoms with Crippen LogP contribution in [0.15, 0.2) is 22.7 Å². The molecule has 0 N–H and O–H groups in total. The molecule has 8 heteroatoms. The van der Waals surface area contributed by atoms with Gasteiger partial charge in [0.05, 0.1) is 15.5 Å². The van der Waals surface area contributed by atoms with Crippen LogP contribution in [0.4, 0.5) is 13.2 Å². The van der Waals surface area contributed by atoms with Gasteiger partial charge in [-0.05, 0) is 12.1 Å². The Labute approximate surface area is 94.8 Å². The first-order valence-electron chi connectivity index (χ1n) is 4.12. The zero-order chi connectivity index (χ0) is 11.8. The number of hydrogen-bond donors (Lipinski definition) is 0. The lowest BCUT2D eigenvalue weighted by Gasteiger charge is -2.02. The minimum atomic E-state index is -4.45. The summed E-state index contributed by atoms with van der Waals surface area (Å²) in [7, 11) is -2.14. The molecule has 1 atom stereocenters. The van der Waals surface area contributed by atoms with Crippen LogP contribution in [0.3, 0.4) is 0 Å². The largest absolute Gasteiger partial charge is 0.400 e. The molecule has 0 spiro atoms. The van der Waals surface area contributed by atoms with Gasteiger partial charge in [-0.2, -0.15) is 13.2 Å². The lowest BCUT2D eigenvalue weighted by atomic mass is 10.5. The molecule has 0 aromatic carbocycles. The maximum absolute atomic E-state index is 12.0. The van der Waals surface area contributed by atoms with Gasteiger partial charge in [0.25, 0.3) is 0 Å². The predicted octanol–water partition coefficient (Wildman–Crippen LogP) is 2.36. The average molecular weight is 266 g/mol. The van der Waals surface area contributed by atoms with Crippen molar-refractivity contribution in [3.8, 4) is 0 Å². The number of rotatable bonds is 2. The van der Waals surface area contributed by atoms with E-state index < -0.39 is 22.7 Å². The summed E-state index contributed by atoms with van der Waals surface area (Å²) in [6.45, 7) is 0. The number of alkyl halides is 3. The van der Waals surface area contributed by atoms with Crippen LogP contribution in [0.5, 0.6) is 0 Å². The van der Waals surface area contributed by atoms with Gasteiger partial charge in [-0.3, -0.25) is 4.21 Å². The summed E-state index contributed by atoms with van der Waals surface area (Å²) < 4.78 is 48.0. The fourth-order valence-corrected chi connectivity index (χ4v) is 3.14. The minimum absolute atomic E-state index is 0.0361. The molecule has 0 radical (unpaired) electrons. The summed E-state index contributed by atoms with van der Waals surface area (Å²) in [5, 5.41) is 0. The molecule has 0 fully saturated rings. The zero-order valence-electron chi connectivity index (χ0n) is 7.69. The molecular weight excluding hydrogens is 261 g/mol. The summed E-state index contributed by atoms with van der Waals surface area (Å²) in [5.41, 5.74) is 0.332. The van der Waals surface area contributed by atoms with Crippen LogP contribution >= 0.6 is 11.3 Å². The van der Waals surface area contributed by atoms with E-state index in [0.717, 1.165) is 11.3 Å². The molecular formula is C8H5F3N2OS2. The van der Waals surface area contributed by atoms with Crippen molar-refractivity contribution in [3.63, 3.8) is 0 Å². The van der Waals surface area contributed by atoms with Crippen LogP contribution in [-0.2, 0) is 10.8 Å². The van der Waals surface area contributed by atoms with Crippen molar-refractivity contribution in [1.82, 2.24) is 9.97 Å². The quantitative estimate of drug-likeness (QED) is 0.838. The smallest absolute Gasteiger partial charge is 0.252 e. The molecule has 2 heterocycles. The van der Waals surface area contributed by atoms with E-state index in [1.165, 1.54) is 6.20 Å². The number of aromatic nitrogens is 2. The van der Waals surface area contributed by atoms with E-state index in [0.29, 0.717) is 10.3 Å². The first-order chi connectivity index (χ1) is 7.46. The maximum atomic E-state index is 12.0. The van der Waals surface area contributed by atoms with E-state index in [4.69, 9.17) is 0 Å². The summed E-state index contributed by atoms with van der Waals surface area (Å²) in [6.07, 6.45) is -2.96.